The van der Waals surface area contributed by atoms with Gasteiger partial charge in [0.05, 0.1) is 5.92 Å². The number of carbonyl (C=O) groups is 2. The molecule has 158 valence electrons. The summed E-state index contributed by atoms with van der Waals surface area (Å²) in [6.45, 7) is 0.292. The zero-order valence-electron chi connectivity index (χ0n) is 15.5. The molecule has 9 heteroatoms. The van der Waals surface area contributed by atoms with Crippen molar-refractivity contribution >= 4 is 75.5 Å². The maximum Gasteiger partial charge on any atom is 0.231 e. The van der Waals surface area contributed by atoms with Crippen molar-refractivity contribution in [1.82, 2.24) is 5.32 Å². The second-order valence-corrected chi connectivity index (χ2v) is 10.3. The minimum absolute atomic E-state index is 0.0237. The van der Waals surface area contributed by atoms with E-state index in [4.69, 9.17) is 58.0 Å². The van der Waals surface area contributed by atoms with Crippen LogP contribution >= 0.6 is 58.0 Å². The molecule has 2 amide bonds. The molecule has 2 aliphatic carbocycles. The highest BCUT2D eigenvalue weighted by Gasteiger charge is 2.67. The lowest BCUT2D eigenvalue weighted by Crippen LogP contribution is -2.24. The lowest BCUT2D eigenvalue weighted by molar-refractivity contribution is -0.122. The third-order valence-corrected chi connectivity index (χ3v) is 7.04. The largest absolute Gasteiger partial charge is 0.352 e. The Hall–Kier alpha value is -1.17. The third kappa shape index (κ3) is 4.68. The lowest BCUT2D eigenvalue weighted by atomic mass is 10.1. The molecule has 0 aromatic heterocycles. The first-order valence-electron chi connectivity index (χ1n) is 9.37. The van der Waals surface area contributed by atoms with Gasteiger partial charge in [-0.2, -0.15) is 0 Å². The van der Waals surface area contributed by atoms with Gasteiger partial charge in [0.25, 0.3) is 0 Å². The number of nitrogens with one attached hydrogen (secondary N) is 2. The first-order chi connectivity index (χ1) is 14.2. The number of halogens is 5. The third-order valence-electron chi connectivity index (χ3n) is 5.29. The number of anilines is 1. The molecule has 0 aliphatic heterocycles. The van der Waals surface area contributed by atoms with E-state index in [2.05, 4.69) is 10.6 Å². The van der Waals surface area contributed by atoms with Crippen molar-refractivity contribution in [1.29, 1.82) is 0 Å². The second-order valence-electron chi connectivity index (χ2n) is 7.62. The number of hydrogen-bond acceptors (Lipinski definition) is 2. The summed E-state index contributed by atoms with van der Waals surface area (Å²) in [6, 6.07) is 10.1. The van der Waals surface area contributed by atoms with E-state index in [1.165, 1.54) is 0 Å². The summed E-state index contributed by atoms with van der Waals surface area (Å²) in [5.74, 6) is -1.28. The van der Waals surface area contributed by atoms with E-state index in [9.17, 15) is 9.59 Å². The van der Waals surface area contributed by atoms with Gasteiger partial charge in [0.1, 0.15) is 4.33 Å². The molecule has 2 N–H and O–H groups in total. The number of hydrogen-bond donors (Lipinski definition) is 2. The summed E-state index contributed by atoms with van der Waals surface area (Å²) in [4.78, 5) is 24.7. The summed E-state index contributed by atoms with van der Waals surface area (Å²) in [5, 5.41) is 7.10. The number of rotatable bonds is 6. The Balaban J connectivity index is 1.45. The van der Waals surface area contributed by atoms with Gasteiger partial charge in [-0.3, -0.25) is 9.59 Å². The molecule has 30 heavy (non-hydrogen) atoms. The van der Waals surface area contributed by atoms with Gasteiger partial charge >= 0.3 is 0 Å². The monoisotopic (exact) mass is 504 g/mol. The fourth-order valence-corrected chi connectivity index (χ4v) is 5.06. The first-order valence-corrected chi connectivity index (χ1v) is 11.3. The molecular formula is C21H17Cl5N2O2. The molecule has 2 aromatic rings. The average molecular weight is 507 g/mol. The van der Waals surface area contributed by atoms with Gasteiger partial charge < -0.3 is 10.6 Å². The van der Waals surface area contributed by atoms with Gasteiger partial charge in [-0.15, -0.1) is 23.2 Å². The fraction of sp³-hybridized carbons (Fsp3) is 0.333. The summed E-state index contributed by atoms with van der Waals surface area (Å²) in [5.41, 5.74) is 1.96. The van der Waals surface area contributed by atoms with E-state index in [0.717, 1.165) is 12.8 Å². The Bertz CT molecular complexity index is 1000. The first kappa shape index (κ1) is 22.0. The van der Waals surface area contributed by atoms with Crippen molar-refractivity contribution in [3.63, 3.8) is 0 Å². The maximum atomic E-state index is 12.9. The molecular weight excluding hydrogens is 490 g/mol. The molecule has 0 radical (unpaired) electrons. The van der Waals surface area contributed by atoms with Crippen LogP contribution in [0.5, 0.6) is 0 Å². The standard InChI is InChI=1S/C21H17Cl5N2O2/c22-13-5-11(6-14(23)8-13)17-18(21(17,25)26)20(30)28-15-3-4-16(24)12(7-15)9-27-19(29)10-1-2-10/h3-8,10,17-18H,1-2,9H2,(H,27,29)(H,28,30). The van der Waals surface area contributed by atoms with E-state index in [1.807, 2.05) is 0 Å². The topological polar surface area (TPSA) is 58.2 Å². The summed E-state index contributed by atoms with van der Waals surface area (Å²) in [6.07, 6.45) is 1.85. The van der Waals surface area contributed by atoms with Crippen LogP contribution in [0.15, 0.2) is 36.4 Å². The van der Waals surface area contributed by atoms with Crippen LogP contribution in [0.2, 0.25) is 15.1 Å². The minimum atomic E-state index is -1.26. The fourth-order valence-electron chi connectivity index (χ4n) is 3.50. The molecule has 0 spiro atoms. The number of carbonyl (C=O) groups excluding carboxylic acids is 2. The van der Waals surface area contributed by atoms with Crippen LogP contribution in [0.25, 0.3) is 0 Å². The summed E-state index contributed by atoms with van der Waals surface area (Å²) in [7, 11) is 0. The van der Waals surface area contributed by atoms with Gasteiger partial charge in [-0.05, 0) is 60.4 Å². The number of alkyl halides is 2. The van der Waals surface area contributed by atoms with Crippen LogP contribution < -0.4 is 10.6 Å². The SMILES string of the molecule is O=C(NCc1cc(NC(=O)C2C(c3cc(Cl)cc(Cl)c3)C2(Cl)Cl)ccc1Cl)C1CC1. The van der Waals surface area contributed by atoms with Gasteiger partial charge in [-0.1, -0.05) is 34.8 Å². The van der Waals surface area contributed by atoms with E-state index < -0.39 is 16.2 Å². The van der Waals surface area contributed by atoms with E-state index >= 15 is 0 Å². The van der Waals surface area contributed by atoms with Crippen molar-refractivity contribution < 1.29 is 9.59 Å². The van der Waals surface area contributed by atoms with Crippen LogP contribution in [0.4, 0.5) is 5.69 Å². The maximum absolute atomic E-state index is 12.9. The molecule has 4 rings (SSSR count). The zero-order valence-corrected chi connectivity index (χ0v) is 19.3. The van der Waals surface area contributed by atoms with Crippen LogP contribution in [0, 0.1) is 11.8 Å². The molecule has 2 unspecified atom stereocenters. The highest BCUT2D eigenvalue weighted by Crippen LogP contribution is 2.65. The van der Waals surface area contributed by atoms with Crippen molar-refractivity contribution in [2.24, 2.45) is 11.8 Å². The highest BCUT2D eigenvalue weighted by atomic mass is 35.5. The second kappa shape index (κ2) is 8.40. The highest BCUT2D eigenvalue weighted by molar-refractivity contribution is 6.53. The minimum Gasteiger partial charge on any atom is -0.352 e. The predicted octanol–water partition coefficient (Wildman–Crippen LogP) is 6.20. The Morgan fingerprint density at radius 3 is 2.27 bits per heavy atom. The molecule has 0 bridgehead atoms. The van der Waals surface area contributed by atoms with Gasteiger partial charge in [-0.25, -0.2) is 0 Å². The van der Waals surface area contributed by atoms with Crippen LogP contribution in [-0.4, -0.2) is 16.1 Å². The number of benzene rings is 2. The zero-order chi connectivity index (χ0) is 21.6. The van der Waals surface area contributed by atoms with Crippen LogP contribution in [0.3, 0.4) is 0 Å². The Morgan fingerprint density at radius 2 is 1.63 bits per heavy atom. The molecule has 0 saturated heterocycles. The molecule has 4 nitrogen and oxygen atoms in total. The van der Waals surface area contributed by atoms with E-state index in [-0.39, 0.29) is 17.7 Å². The average Bonchev–Trinajstić information content (AvgIpc) is 3.56. The van der Waals surface area contributed by atoms with Gasteiger partial charge in [0.15, 0.2) is 0 Å². The van der Waals surface area contributed by atoms with Crippen molar-refractivity contribution in [3.8, 4) is 0 Å². The van der Waals surface area contributed by atoms with Gasteiger partial charge in [0, 0.05) is 39.1 Å². The molecule has 2 atom stereocenters. The van der Waals surface area contributed by atoms with Crippen molar-refractivity contribution in [2.45, 2.75) is 29.6 Å². The number of amides is 2. The molecule has 2 saturated carbocycles. The molecule has 2 aliphatic rings. The quantitative estimate of drug-likeness (QED) is 0.459. The van der Waals surface area contributed by atoms with E-state index in [1.54, 1.807) is 36.4 Å². The predicted molar refractivity (Wildman–Crippen MR) is 122 cm³/mol. The molecule has 2 aromatic carbocycles. The molecule has 0 heterocycles. The van der Waals surface area contributed by atoms with Crippen molar-refractivity contribution in [2.75, 3.05) is 5.32 Å². The Morgan fingerprint density at radius 1 is 0.967 bits per heavy atom. The smallest absolute Gasteiger partial charge is 0.231 e. The van der Waals surface area contributed by atoms with Gasteiger partial charge in [0.2, 0.25) is 11.8 Å². The lowest BCUT2D eigenvalue weighted by Gasteiger charge is -2.10. The van der Waals surface area contributed by atoms with Crippen LogP contribution in [0.1, 0.15) is 29.9 Å². The normalized spacial score (nSPS) is 21.8. The van der Waals surface area contributed by atoms with Crippen LogP contribution in [-0.2, 0) is 16.1 Å². The van der Waals surface area contributed by atoms with E-state index in [0.29, 0.717) is 38.4 Å². The Labute approximate surface area is 199 Å². The molecule has 2 fully saturated rings. The Kier molecular flexibility index (Phi) is 6.17. The van der Waals surface area contributed by atoms with Crippen molar-refractivity contribution in [3.05, 3.63) is 62.6 Å². The summed E-state index contributed by atoms with van der Waals surface area (Å²) >= 11 is 31.2. The summed E-state index contributed by atoms with van der Waals surface area (Å²) < 4.78 is -1.26.